The molecule has 2 N–H and O–H groups in total. The Kier molecular flexibility index (Phi) is 3.23. The van der Waals surface area contributed by atoms with Gasteiger partial charge in [-0.15, -0.1) is 11.3 Å². The summed E-state index contributed by atoms with van der Waals surface area (Å²) in [4.78, 5) is 2.74. The van der Waals surface area contributed by atoms with E-state index in [1.54, 1.807) is 6.26 Å². The summed E-state index contributed by atoms with van der Waals surface area (Å²) in [5.41, 5.74) is 6.04. The van der Waals surface area contributed by atoms with Gasteiger partial charge in [-0.1, -0.05) is 6.92 Å². The molecule has 0 spiro atoms. The number of furan rings is 1. The zero-order valence-electron chi connectivity index (χ0n) is 8.77. The Bertz CT molecular complexity index is 405. The predicted octanol–water partition coefficient (Wildman–Crippen LogP) is 3.15. The first-order valence-electron chi connectivity index (χ1n) is 5.16. The monoisotopic (exact) mass is 221 g/mol. The van der Waals surface area contributed by atoms with Crippen molar-refractivity contribution in [2.24, 2.45) is 5.73 Å². The van der Waals surface area contributed by atoms with E-state index in [1.165, 1.54) is 9.75 Å². The van der Waals surface area contributed by atoms with Crippen LogP contribution in [0.5, 0.6) is 0 Å². The van der Waals surface area contributed by atoms with Crippen LogP contribution >= 0.6 is 11.3 Å². The lowest BCUT2D eigenvalue weighted by molar-refractivity contribution is 0.466. The molecule has 2 heterocycles. The molecule has 0 aliphatic rings. The molecule has 0 aromatic carbocycles. The van der Waals surface area contributed by atoms with E-state index in [9.17, 15) is 0 Å². The number of rotatable bonds is 4. The third-order valence-corrected chi connectivity index (χ3v) is 3.65. The molecule has 2 rings (SSSR count). The molecule has 80 valence electrons. The van der Waals surface area contributed by atoms with Gasteiger partial charge in [0.1, 0.15) is 5.76 Å². The number of hydrogen-bond acceptors (Lipinski definition) is 3. The van der Waals surface area contributed by atoms with Crippen molar-refractivity contribution in [1.82, 2.24) is 0 Å². The molecule has 0 saturated heterocycles. The van der Waals surface area contributed by atoms with Crippen LogP contribution in [0.2, 0.25) is 0 Å². The van der Waals surface area contributed by atoms with Gasteiger partial charge in [0, 0.05) is 16.2 Å². The molecule has 0 aliphatic carbocycles. The minimum absolute atomic E-state index is 0.0247. The van der Waals surface area contributed by atoms with Gasteiger partial charge < -0.3 is 10.2 Å². The maximum atomic E-state index is 6.04. The number of aryl methyl sites for hydroxylation is 1. The average Bonchev–Trinajstić information content (AvgIpc) is 2.87. The Labute approximate surface area is 93.7 Å². The normalized spacial score (nSPS) is 12.9. The highest BCUT2D eigenvalue weighted by molar-refractivity contribution is 7.11. The lowest BCUT2D eigenvalue weighted by Crippen LogP contribution is -2.11. The van der Waals surface area contributed by atoms with Crippen LogP contribution in [0.4, 0.5) is 0 Å². The van der Waals surface area contributed by atoms with Gasteiger partial charge in [-0.2, -0.15) is 0 Å². The van der Waals surface area contributed by atoms with Crippen molar-refractivity contribution in [1.29, 1.82) is 0 Å². The van der Waals surface area contributed by atoms with E-state index >= 15 is 0 Å². The molecule has 1 atom stereocenters. The fraction of sp³-hybridized carbons (Fsp3) is 0.333. The molecule has 0 aliphatic heterocycles. The van der Waals surface area contributed by atoms with Crippen LogP contribution in [0.25, 0.3) is 0 Å². The summed E-state index contributed by atoms with van der Waals surface area (Å²) in [6, 6.07) is 8.12. The number of nitrogens with two attached hydrogens (primary N) is 1. The highest BCUT2D eigenvalue weighted by atomic mass is 32.1. The second-order valence-corrected chi connectivity index (χ2v) is 4.80. The van der Waals surface area contributed by atoms with Crippen molar-refractivity contribution in [2.75, 3.05) is 0 Å². The highest BCUT2D eigenvalue weighted by Gasteiger charge is 2.10. The zero-order chi connectivity index (χ0) is 10.7. The topological polar surface area (TPSA) is 39.2 Å². The molecule has 0 amide bonds. The maximum absolute atomic E-state index is 6.04. The number of thiophene rings is 1. The van der Waals surface area contributed by atoms with E-state index in [0.29, 0.717) is 0 Å². The highest BCUT2D eigenvalue weighted by Crippen LogP contribution is 2.22. The molecule has 0 bridgehead atoms. The van der Waals surface area contributed by atoms with E-state index in [4.69, 9.17) is 10.2 Å². The molecule has 15 heavy (non-hydrogen) atoms. The number of hydrogen-bond donors (Lipinski definition) is 1. The Morgan fingerprint density at radius 3 is 2.73 bits per heavy atom. The first kappa shape index (κ1) is 10.5. The van der Waals surface area contributed by atoms with Gasteiger partial charge in [0.2, 0.25) is 0 Å². The molecule has 2 nitrogen and oxygen atoms in total. The van der Waals surface area contributed by atoms with E-state index in [2.05, 4.69) is 19.1 Å². The van der Waals surface area contributed by atoms with Crippen molar-refractivity contribution in [3.63, 3.8) is 0 Å². The fourth-order valence-corrected chi connectivity index (χ4v) is 2.56. The predicted molar refractivity (Wildman–Crippen MR) is 63.0 cm³/mol. The summed E-state index contributed by atoms with van der Waals surface area (Å²) >= 11 is 1.84. The van der Waals surface area contributed by atoms with Gasteiger partial charge >= 0.3 is 0 Å². The summed E-state index contributed by atoms with van der Waals surface area (Å²) < 4.78 is 5.28. The largest absolute Gasteiger partial charge is 0.468 e. The van der Waals surface area contributed by atoms with Crippen LogP contribution in [0, 0.1) is 0 Å². The quantitative estimate of drug-likeness (QED) is 0.861. The van der Waals surface area contributed by atoms with Crippen molar-refractivity contribution < 1.29 is 4.42 Å². The lowest BCUT2D eigenvalue weighted by Gasteiger charge is -2.06. The second kappa shape index (κ2) is 4.64. The second-order valence-electron chi connectivity index (χ2n) is 3.55. The fourth-order valence-electron chi connectivity index (χ4n) is 1.54. The summed E-state index contributed by atoms with van der Waals surface area (Å²) in [5, 5.41) is 0. The van der Waals surface area contributed by atoms with Gasteiger partial charge in [-0.25, -0.2) is 0 Å². The SMILES string of the molecule is CCc1ccc(CC(N)c2ccco2)s1. The minimum atomic E-state index is -0.0247. The summed E-state index contributed by atoms with van der Waals surface area (Å²) in [7, 11) is 0. The standard InChI is InChI=1S/C12H15NOS/c1-2-9-5-6-10(15-9)8-11(13)12-4-3-7-14-12/h3-7,11H,2,8,13H2,1H3. The lowest BCUT2D eigenvalue weighted by atomic mass is 10.1. The minimum Gasteiger partial charge on any atom is -0.468 e. The van der Waals surface area contributed by atoms with Gasteiger partial charge in [-0.3, -0.25) is 0 Å². The van der Waals surface area contributed by atoms with Crippen LogP contribution < -0.4 is 5.73 Å². The molecule has 2 aromatic heterocycles. The third-order valence-electron chi connectivity index (χ3n) is 2.40. The molecule has 0 radical (unpaired) electrons. The Morgan fingerprint density at radius 1 is 1.33 bits per heavy atom. The molecule has 1 unspecified atom stereocenters. The molecule has 3 heteroatoms. The molecular weight excluding hydrogens is 206 g/mol. The van der Waals surface area contributed by atoms with E-state index < -0.39 is 0 Å². The summed E-state index contributed by atoms with van der Waals surface area (Å²) in [5.74, 6) is 0.862. The molecule has 2 aromatic rings. The summed E-state index contributed by atoms with van der Waals surface area (Å²) in [6.07, 6.45) is 3.62. The Morgan fingerprint density at radius 2 is 2.13 bits per heavy atom. The van der Waals surface area contributed by atoms with Crippen molar-refractivity contribution in [2.45, 2.75) is 25.8 Å². The van der Waals surface area contributed by atoms with Crippen LogP contribution in [-0.2, 0) is 12.8 Å². The van der Waals surface area contributed by atoms with Gasteiger partial charge in [0.15, 0.2) is 0 Å². The van der Waals surface area contributed by atoms with Crippen LogP contribution in [-0.4, -0.2) is 0 Å². The third kappa shape index (κ3) is 2.49. The van der Waals surface area contributed by atoms with Crippen LogP contribution in [0.1, 0.15) is 28.5 Å². The molecule has 0 saturated carbocycles. The maximum Gasteiger partial charge on any atom is 0.120 e. The van der Waals surface area contributed by atoms with E-state index in [1.807, 2.05) is 23.5 Å². The first-order chi connectivity index (χ1) is 7.29. The summed E-state index contributed by atoms with van der Waals surface area (Å²) in [6.45, 7) is 2.17. The van der Waals surface area contributed by atoms with Crippen molar-refractivity contribution >= 4 is 11.3 Å². The van der Waals surface area contributed by atoms with Gasteiger partial charge in [0.25, 0.3) is 0 Å². The molecule has 0 fully saturated rings. The van der Waals surface area contributed by atoms with Crippen LogP contribution in [0.3, 0.4) is 0 Å². The molecular formula is C12H15NOS. The van der Waals surface area contributed by atoms with Crippen molar-refractivity contribution in [3.8, 4) is 0 Å². The first-order valence-corrected chi connectivity index (χ1v) is 5.98. The average molecular weight is 221 g/mol. The Hall–Kier alpha value is -1.06. The Balaban J connectivity index is 2.02. The smallest absolute Gasteiger partial charge is 0.120 e. The van der Waals surface area contributed by atoms with Gasteiger partial charge in [-0.05, 0) is 30.7 Å². The van der Waals surface area contributed by atoms with Crippen molar-refractivity contribution in [3.05, 3.63) is 46.0 Å². The van der Waals surface area contributed by atoms with E-state index in [-0.39, 0.29) is 6.04 Å². The zero-order valence-corrected chi connectivity index (χ0v) is 9.59. The van der Waals surface area contributed by atoms with Gasteiger partial charge in [0.05, 0.1) is 12.3 Å². The van der Waals surface area contributed by atoms with Crippen LogP contribution in [0.15, 0.2) is 34.9 Å². The van der Waals surface area contributed by atoms with E-state index in [0.717, 1.165) is 18.6 Å².